The van der Waals surface area contributed by atoms with Crippen LogP contribution in [0.25, 0.3) is 6.08 Å². The van der Waals surface area contributed by atoms with Crippen molar-refractivity contribution in [2.75, 3.05) is 34.5 Å². The van der Waals surface area contributed by atoms with Crippen molar-refractivity contribution >= 4 is 30.2 Å². The smallest absolute Gasteiger partial charge is 0.305 e. The van der Waals surface area contributed by atoms with Crippen LogP contribution >= 0.6 is 12.4 Å². The second-order valence-corrected chi connectivity index (χ2v) is 6.28. The molecular weight excluding hydrogens is 438 g/mol. The van der Waals surface area contributed by atoms with Gasteiger partial charge in [-0.1, -0.05) is 0 Å². The highest BCUT2D eigenvalue weighted by Gasteiger charge is 2.12. The number of hydrogen-bond acceptors (Lipinski definition) is 8. The Kier molecular flexibility index (Phi) is 11.7. The first-order chi connectivity index (χ1) is 15.0. The Labute approximate surface area is 193 Å². The molecule has 32 heavy (non-hydrogen) atoms. The third-order valence-electron chi connectivity index (χ3n) is 4.24. The number of esters is 1. The molecule has 0 aliphatic heterocycles. The number of hydrogen-bond donors (Lipinski definition) is 0. The first kappa shape index (κ1) is 26.8. The van der Waals surface area contributed by atoms with E-state index in [4.69, 9.17) is 23.7 Å². The van der Waals surface area contributed by atoms with E-state index in [1.807, 2.05) is 0 Å². The zero-order valence-corrected chi connectivity index (χ0v) is 19.4. The van der Waals surface area contributed by atoms with Gasteiger partial charge in [-0.15, -0.1) is 12.4 Å². The predicted octanol–water partition coefficient (Wildman–Crippen LogP) is 4.15. The summed E-state index contributed by atoms with van der Waals surface area (Å²) >= 11 is 0. The molecule has 0 saturated carbocycles. The number of allylic oxidation sites excluding steroid dienone is 1. The van der Waals surface area contributed by atoms with Crippen molar-refractivity contribution in [3.8, 4) is 23.0 Å². The summed E-state index contributed by atoms with van der Waals surface area (Å²) in [4.78, 5) is 28.3. The number of rotatable bonds is 12. The van der Waals surface area contributed by atoms with Crippen LogP contribution < -0.4 is 18.9 Å². The first-order valence-electron chi connectivity index (χ1n) is 9.79. The molecule has 174 valence electrons. The normalized spacial score (nSPS) is 10.2. The van der Waals surface area contributed by atoms with Gasteiger partial charge in [0.25, 0.3) is 0 Å². The van der Waals surface area contributed by atoms with Crippen molar-refractivity contribution in [3.63, 3.8) is 0 Å². The maximum absolute atomic E-state index is 12.7. The van der Waals surface area contributed by atoms with Crippen molar-refractivity contribution in [1.29, 1.82) is 0 Å². The highest BCUT2D eigenvalue weighted by Crippen LogP contribution is 2.28. The maximum Gasteiger partial charge on any atom is 0.305 e. The Morgan fingerprint density at radius 1 is 1.00 bits per heavy atom. The van der Waals surface area contributed by atoms with Crippen LogP contribution in [-0.2, 0) is 9.53 Å². The second-order valence-electron chi connectivity index (χ2n) is 6.28. The van der Waals surface area contributed by atoms with Gasteiger partial charge in [0.05, 0.1) is 52.0 Å². The summed E-state index contributed by atoms with van der Waals surface area (Å²) in [5.41, 5.74) is 0.887. The minimum absolute atomic E-state index is 0. The fourth-order valence-electron chi connectivity index (χ4n) is 2.69. The van der Waals surface area contributed by atoms with Crippen LogP contribution in [0.15, 0.2) is 36.5 Å². The SMILES string of the molecule is CCOC(=O)CCCOc1cc(/C=C/C(=O)c2cc(OC)ccc2OC)ncc1OC.Cl. The van der Waals surface area contributed by atoms with Crippen LogP contribution in [-0.4, -0.2) is 51.3 Å². The Morgan fingerprint density at radius 3 is 2.41 bits per heavy atom. The quantitative estimate of drug-likeness (QED) is 0.200. The Hall–Kier alpha value is -3.26. The van der Waals surface area contributed by atoms with Gasteiger partial charge < -0.3 is 23.7 Å². The number of methoxy groups -OCH3 is 3. The number of carbonyl (C=O) groups excluding carboxylic acids is 2. The number of halogens is 1. The summed E-state index contributed by atoms with van der Waals surface area (Å²) in [7, 11) is 4.54. The van der Waals surface area contributed by atoms with E-state index < -0.39 is 0 Å². The molecule has 9 heteroatoms. The van der Waals surface area contributed by atoms with Crippen molar-refractivity contribution in [1.82, 2.24) is 4.98 Å². The number of pyridine rings is 1. The van der Waals surface area contributed by atoms with Crippen LogP contribution in [0.4, 0.5) is 0 Å². The Bertz CT molecular complexity index is 931. The van der Waals surface area contributed by atoms with E-state index in [9.17, 15) is 9.59 Å². The lowest BCUT2D eigenvalue weighted by atomic mass is 10.1. The molecule has 0 saturated heterocycles. The zero-order chi connectivity index (χ0) is 22.6. The Balaban J connectivity index is 0.00000512. The van der Waals surface area contributed by atoms with Crippen LogP contribution in [0.2, 0.25) is 0 Å². The van der Waals surface area contributed by atoms with E-state index in [1.165, 1.54) is 33.6 Å². The van der Waals surface area contributed by atoms with E-state index in [0.717, 1.165) is 0 Å². The molecule has 8 nitrogen and oxygen atoms in total. The highest BCUT2D eigenvalue weighted by molar-refractivity contribution is 6.08. The number of ketones is 1. The van der Waals surface area contributed by atoms with Crippen LogP contribution in [0.5, 0.6) is 23.0 Å². The van der Waals surface area contributed by atoms with Gasteiger partial charge in [0, 0.05) is 12.5 Å². The van der Waals surface area contributed by atoms with Gasteiger partial charge in [-0.25, -0.2) is 0 Å². The standard InChI is InChI=1S/C23H27NO7.ClH/c1-5-30-23(26)7-6-12-31-21-13-16(24-15-22(21)29-4)8-10-19(25)18-14-17(27-2)9-11-20(18)28-3;/h8-11,13-15H,5-7,12H2,1-4H3;1H/b10-8+;. The molecule has 1 aromatic heterocycles. The van der Waals surface area contributed by atoms with Crippen molar-refractivity contribution in [2.45, 2.75) is 19.8 Å². The lowest BCUT2D eigenvalue weighted by Gasteiger charge is -2.11. The molecule has 0 aliphatic carbocycles. The molecule has 1 heterocycles. The molecule has 2 aromatic rings. The summed E-state index contributed by atoms with van der Waals surface area (Å²) in [5.74, 6) is 1.40. The van der Waals surface area contributed by atoms with Gasteiger partial charge in [-0.3, -0.25) is 14.6 Å². The molecule has 1 aromatic carbocycles. The summed E-state index contributed by atoms with van der Waals surface area (Å²) < 4.78 is 26.3. The number of benzene rings is 1. The van der Waals surface area contributed by atoms with Crippen molar-refractivity contribution in [2.24, 2.45) is 0 Å². The summed E-state index contributed by atoms with van der Waals surface area (Å²) in [6.45, 7) is 2.43. The summed E-state index contributed by atoms with van der Waals surface area (Å²) in [6, 6.07) is 6.67. The molecular formula is C23H28ClNO7. The molecule has 0 aliphatic rings. The average molecular weight is 466 g/mol. The lowest BCUT2D eigenvalue weighted by molar-refractivity contribution is -0.143. The van der Waals surface area contributed by atoms with E-state index in [-0.39, 0.29) is 30.6 Å². The largest absolute Gasteiger partial charge is 0.497 e. The molecule has 0 spiro atoms. The first-order valence-corrected chi connectivity index (χ1v) is 9.79. The molecule has 0 amide bonds. The lowest BCUT2D eigenvalue weighted by Crippen LogP contribution is -2.07. The second kappa shape index (κ2) is 13.9. The molecule has 0 unspecified atom stereocenters. The minimum atomic E-state index is -0.261. The number of carbonyl (C=O) groups is 2. The summed E-state index contributed by atoms with van der Waals surface area (Å²) in [5, 5.41) is 0. The average Bonchev–Trinajstić information content (AvgIpc) is 2.80. The van der Waals surface area contributed by atoms with Crippen molar-refractivity contribution < 1.29 is 33.3 Å². The van der Waals surface area contributed by atoms with Gasteiger partial charge in [0.1, 0.15) is 11.5 Å². The van der Waals surface area contributed by atoms with Gasteiger partial charge in [0.2, 0.25) is 0 Å². The highest BCUT2D eigenvalue weighted by atomic mass is 35.5. The fraction of sp³-hybridized carbons (Fsp3) is 0.348. The zero-order valence-electron chi connectivity index (χ0n) is 18.6. The maximum atomic E-state index is 12.7. The molecule has 0 fully saturated rings. The monoisotopic (exact) mass is 465 g/mol. The van der Waals surface area contributed by atoms with Crippen LogP contribution in [0.1, 0.15) is 35.8 Å². The van der Waals surface area contributed by atoms with Crippen LogP contribution in [0.3, 0.4) is 0 Å². The predicted molar refractivity (Wildman–Crippen MR) is 122 cm³/mol. The van der Waals surface area contributed by atoms with Gasteiger partial charge >= 0.3 is 5.97 Å². The van der Waals surface area contributed by atoms with E-state index >= 15 is 0 Å². The number of ether oxygens (including phenoxy) is 5. The summed E-state index contributed by atoms with van der Waals surface area (Å²) in [6.07, 6.45) is 5.26. The van der Waals surface area contributed by atoms with E-state index in [1.54, 1.807) is 37.3 Å². The Morgan fingerprint density at radius 2 is 1.75 bits per heavy atom. The number of nitrogens with zero attached hydrogens (tertiary/aromatic N) is 1. The molecule has 0 bridgehead atoms. The number of aromatic nitrogens is 1. The van der Waals surface area contributed by atoms with Gasteiger partial charge in [-0.05, 0) is 43.7 Å². The minimum Gasteiger partial charge on any atom is -0.497 e. The third-order valence-corrected chi connectivity index (χ3v) is 4.24. The van der Waals surface area contributed by atoms with Gasteiger partial charge in [0.15, 0.2) is 17.3 Å². The molecule has 2 rings (SSSR count). The molecule has 0 N–H and O–H groups in total. The van der Waals surface area contributed by atoms with Crippen LogP contribution in [0, 0.1) is 0 Å². The van der Waals surface area contributed by atoms with E-state index in [2.05, 4.69) is 4.98 Å². The molecule has 0 radical (unpaired) electrons. The topological polar surface area (TPSA) is 93.2 Å². The fourth-order valence-corrected chi connectivity index (χ4v) is 2.69. The third kappa shape index (κ3) is 7.77. The molecule has 0 atom stereocenters. The van der Waals surface area contributed by atoms with Gasteiger partial charge in [-0.2, -0.15) is 0 Å². The van der Waals surface area contributed by atoms with E-state index in [0.29, 0.717) is 53.9 Å². The van der Waals surface area contributed by atoms with Crippen molar-refractivity contribution in [3.05, 3.63) is 47.8 Å².